The summed E-state index contributed by atoms with van der Waals surface area (Å²) in [5.74, 6) is -1.53. The maximum atomic E-state index is 11.4. The van der Waals surface area contributed by atoms with Crippen molar-refractivity contribution in [1.29, 1.82) is 0 Å². The van der Waals surface area contributed by atoms with Gasteiger partial charge >= 0.3 is 5.97 Å². The van der Waals surface area contributed by atoms with Gasteiger partial charge in [-0.2, -0.15) is 0 Å². The molecule has 2 unspecified atom stereocenters. The number of rotatable bonds is 3. The standard InChI is InChI=1S/C11H10N2O5/c14-8(9(15)11(17)18)5-1-2-6-7(3-5)12-4-13-10(6)16/h1-4,8-9,14-15H,(H,17,18)(H,12,13,16). The SMILES string of the molecule is O=C(O)C(O)C(O)c1ccc2c(=O)[nH]cnc2c1. The Labute approximate surface area is 100 Å². The van der Waals surface area contributed by atoms with Crippen LogP contribution in [0, 0.1) is 0 Å². The van der Waals surface area contributed by atoms with E-state index in [2.05, 4.69) is 9.97 Å². The number of aromatic nitrogens is 2. The summed E-state index contributed by atoms with van der Waals surface area (Å²) >= 11 is 0. The van der Waals surface area contributed by atoms with Gasteiger partial charge in [-0.25, -0.2) is 9.78 Å². The predicted molar refractivity (Wildman–Crippen MR) is 61.0 cm³/mol. The van der Waals surface area contributed by atoms with E-state index in [9.17, 15) is 19.8 Å². The van der Waals surface area contributed by atoms with Crippen molar-refractivity contribution >= 4 is 16.9 Å². The number of aliphatic hydroxyl groups excluding tert-OH is 2. The molecule has 0 saturated carbocycles. The molecule has 7 heteroatoms. The van der Waals surface area contributed by atoms with Gasteiger partial charge in [0.05, 0.1) is 17.2 Å². The number of aromatic amines is 1. The minimum Gasteiger partial charge on any atom is -0.479 e. The lowest BCUT2D eigenvalue weighted by molar-refractivity contribution is -0.153. The van der Waals surface area contributed by atoms with E-state index < -0.39 is 18.2 Å². The zero-order valence-electron chi connectivity index (χ0n) is 9.07. The van der Waals surface area contributed by atoms with Crippen LogP contribution in [0.2, 0.25) is 0 Å². The fourth-order valence-electron chi connectivity index (χ4n) is 1.59. The quantitative estimate of drug-likeness (QED) is 0.576. The number of benzene rings is 1. The lowest BCUT2D eigenvalue weighted by atomic mass is 10.0. The van der Waals surface area contributed by atoms with Crippen molar-refractivity contribution in [2.24, 2.45) is 0 Å². The van der Waals surface area contributed by atoms with Crippen LogP contribution in [0.4, 0.5) is 0 Å². The number of nitrogens with zero attached hydrogens (tertiary/aromatic N) is 1. The smallest absolute Gasteiger partial charge is 0.335 e. The van der Waals surface area contributed by atoms with Crippen molar-refractivity contribution in [3.63, 3.8) is 0 Å². The Morgan fingerprint density at radius 1 is 1.33 bits per heavy atom. The summed E-state index contributed by atoms with van der Waals surface area (Å²) in [5, 5.41) is 27.8. The van der Waals surface area contributed by atoms with Gasteiger partial charge in [-0.15, -0.1) is 0 Å². The number of carbonyl (C=O) groups is 1. The van der Waals surface area contributed by atoms with Crippen LogP contribution < -0.4 is 5.56 Å². The maximum absolute atomic E-state index is 11.4. The van der Waals surface area contributed by atoms with Crippen molar-refractivity contribution in [1.82, 2.24) is 9.97 Å². The van der Waals surface area contributed by atoms with E-state index in [0.717, 1.165) is 0 Å². The van der Waals surface area contributed by atoms with E-state index >= 15 is 0 Å². The molecule has 0 amide bonds. The maximum Gasteiger partial charge on any atom is 0.335 e. The average Bonchev–Trinajstić information content (AvgIpc) is 2.36. The Kier molecular flexibility index (Phi) is 3.09. The van der Waals surface area contributed by atoms with E-state index in [0.29, 0.717) is 10.9 Å². The van der Waals surface area contributed by atoms with Gasteiger partial charge in [-0.1, -0.05) is 6.07 Å². The molecular weight excluding hydrogens is 240 g/mol. The van der Waals surface area contributed by atoms with E-state index in [1.165, 1.54) is 24.5 Å². The largest absolute Gasteiger partial charge is 0.479 e. The van der Waals surface area contributed by atoms with Crippen LogP contribution in [0.3, 0.4) is 0 Å². The molecule has 0 saturated heterocycles. The third-order valence-corrected chi connectivity index (χ3v) is 2.56. The monoisotopic (exact) mass is 250 g/mol. The zero-order valence-corrected chi connectivity index (χ0v) is 9.07. The van der Waals surface area contributed by atoms with E-state index in [1.807, 2.05) is 0 Å². The van der Waals surface area contributed by atoms with Gasteiger partial charge in [0.1, 0.15) is 6.10 Å². The van der Waals surface area contributed by atoms with Crippen molar-refractivity contribution in [3.05, 3.63) is 40.4 Å². The van der Waals surface area contributed by atoms with Crippen LogP contribution in [0.25, 0.3) is 10.9 Å². The van der Waals surface area contributed by atoms with Crippen molar-refractivity contribution in [2.75, 3.05) is 0 Å². The number of carboxylic acids is 1. The molecule has 2 rings (SSSR count). The molecule has 2 aromatic rings. The fourth-order valence-corrected chi connectivity index (χ4v) is 1.59. The first-order valence-electron chi connectivity index (χ1n) is 5.07. The van der Waals surface area contributed by atoms with Gasteiger partial charge in [0.25, 0.3) is 5.56 Å². The summed E-state index contributed by atoms with van der Waals surface area (Å²) in [5.41, 5.74) is 0.156. The Hall–Kier alpha value is -2.25. The normalized spacial score (nSPS) is 14.3. The summed E-state index contributed by atoms with van der Waals surface area (Å²) in [4.78, 5) is 28.2. The molecule has 0 spiro atoms. The second-order valence-corrected chi connectivity index (χ2v) is 3.74. The summed E-state index contributed by atoms with van der Waals surface area (Å²) in [6.45, 7) is 0. The van der Waals surface area contributed by atoms with Crippen LogP contribution in [-0.4, -0.2) is 37.4 Å². The highest BCUT2D eigenvalue weighted by Gasteiger charge is 2.25. The molecule has 0 bridgehead atoms. The van der Waals surface area contributed by atoms with Crippen LogP contribution >= 0.6 is 0 Å². The molecule has 0 aliphatic heterocycles. The lowest BCUT2D eigenvalue weighted by Crippen LogP contribution is -2.27. The Bertz CT molecular complexity index is 651. The van der Waals surface area contributed by atoms with Gasteiger partial charge in [0.15, 0.2) is 6.10 Å². The van der Waals surface area contributed by atoms with Crippen molar-refractivity contribution in [2.45, 2.75) is 12.2 Å². The minimum atomic E-state index is -1.93. The number of fused-ring (bicyclic) bond motifs is 1. The zero-order chi connectivity index (χ0) is 13.3. The van der Waals surface area contributed by atoms with Gasteiger partial charge < -0.3 is 20.3 Å². The highest BCUT2D eigenvalue weighted by atomic mass is 16.4. The summed E-state index contributed by atoms with van der Waals surface area (Å²) < 4.78 is 0. The van der Waals surface area contributed by atoms with Crippen molar-refractivity contribution in [3.8, 4) is 0 Å². The van der Waals surface area contributed by atoms with Gasteiger partial charge in [0.2, 0.25) is 0 Å². The Balaban J connectivity index is 2.48. The predicted octanol–water partition coefficient (Wildman–Crippen LogP) is -0.598. The molecule has 1 aromatic heterocycles. The lowest BCUT2D eigenvalue weighted by Gasteiger charge is -2.14. The molecule has 7 nitrogen and oxygen atoms in total. The second-order valence-electron chi connectivity index (χ2n) is 3.74. The number of hydrogen-bond donors (Lipinski definition) is 4. The van der Waals surface area contributed by atoms with E-state index in [1.54, 1.807) is 0 Å². The van der Waals surface area contributed by atoms with Crippen LogP contribution in [0.15, 0.2) is 29.3 Å². The average molecular weight is 250 g/mol. The Morgan fingerprint density at radius 3 is 2.72 bits per heavy atom. The first-order valence-corrected chi connectivity index (χ1v) is 5.07. The van der Waals surface area contributed by atoms with Crippen molar-refractivity contribution < 1.29 is 20.1 Å². The highest BCUT2D eigenvalue weighted by Crippen LogP contribution is 2.20. The molecule has 0 aliphatic carbocycles. The number of carboxylic acid groups (broad SMARTS) is 1. The van der Waals surface area contributed by atoms with Gasteiger partial charge in [-0.3, -0.25) is 4.79 Å². The number of hydrogen-bond acceptors (Lipinski definition) is 5. The molecule has 4 N–H and O–H groups in total. The van der Waals surface area contributed by atoms with Crippen LogP contribution in [0.1, 0.15) is 11.7 Å². The molecule has 2 atom stereocenters. The first kappa shape index (κ1) is 12.2. The summed E-state index contributed by atoms with van der Waals surface area (Å²) in [7, 11) is 0. The first-order chi connectivity index (χ1) is 8.50. The number of aliphatic hydroxyl groups is 2. The molecule has 18 heavy (non-hydrogen) atoms. The molecule has 0 aliphatic rings. The van der Waals surface area contributed by atoms with E-state index in [-0.39, 0.29) is 11.1 Å². The summed E-state index contributed by atoms with van der Waals surface area (Å²) in [6, 6.07) is 4.14. The highest BCUT2D eigenvalue weighted by molar-refractivity contribution is 5.78. The second kappa shape index (κ2) is 4.55. The Morgan fingerprint density at radius 2 is 2.06 bits per heavy atom. The molecule has 0 fully saturated rings. The third kappa shape index (κ3) is 2.08. The number of aliphatic carboxylic acids is 1. The fraction of sp³-hybridized carbons (Fsp3) is 0.182. The van der Waals surface area contributed by atoms with Crippen LogP contribution in [0.5, 0.6) is 0 Å². The molecule has 0 radical (unpaired) electrons. The minimum absolute atomic E-state index is 0.176. The molecule has 1 aromatic carbocycles. The molecular formula is C11H10N2O5. The number of H-pyrrole nitrogens is 1. The topological polar surface area (TPSA) is 124 Å². The van der Waals surface area contributed by atoms with E-state index in [4.69, 9.17) is 5.11 Å². The molecule has 1 heterocycles. The van der Waals surface area contributed by atoms with Crippen LogP contribution in [-0.2, 0) is 4.79 Å². The van der Waals surface area contributed by atoms with Gasteiger partial charge in [-0.05, 0) is 17.7 Å². The number of nitrogens with one attached hydrogen (secondary N) is 1. The molecule has 94 valence electrons. The summed E-state index contributed by atoms with van der Waals surface area (Å²) in [6.07, 6.45) is -2.30. The van der Waals surface area contributed by atoms with Gasteiger partial charge in [0, 0.05) is 0 Å². The third-order valence-electron chi connectivity index (χ3n) is 2.56.